The average molecular weight is 185 g/mol. The lowest BCUT2D eigenvalue weighted by molar-refractivity contribution is 0.374. The van der Waals surface area contributed by atoms with Crippen molar-refractivity contribution in [3.63, 3.8) is 0 Å². The summed E-state index contributed by atoms with van der Waals surface area (Å²) in [6.45, 7) is 1.76. The molecule has 0 spiro atoms. The highest BCUT2D eigenvalue weighted by Gasteiger charge is 2.11. The number of phenolic OH excluding ortho intramolecular Hbond substituents is 2. The maximum atomic E-state index is 12.7. The summed E-state index contributed by atoms with van der Waals surface area (Å²) in [4.78, 5) is 0. The largest absolute Gasteiger partial charge is 0.504 e. The van der Waals surface area contributed by atoms with Crippen molar-refractivity contribution in [1.82, 2.24) is 0 Å². The second-order valence-corrected chi connectivity index (χ2v) is 3.09. The molecule has 13 heavy (non-hydrogen) atoms. The molecular weight excluding hydrogens is 173 g/mol. The Morgan fingerprint density at radius 3 is 2.54 bits per heavy atom. The van der Waals surface area contributed by atoms with Crippen LogP contribution in [0.5, 0.6) is 11.5 Å². The molecular formula is C9H12FNO2. The zero-order chi connectivity index (χ0) is 10.0. The summed E-state index contributed by atoms with van der Waals surface area (Å²) >= 11 is 0. The summed E-state index contributed by atoms with van der Waals surface area (Å²) in [5, 5.41) is 18.3. The van der Waals surface area contributed by atoms with Gasteiger partial charge in [0, 0.05) is 6.04 Å². The Balaban J connectivity index is 3.04. The minimum Gasteiger partial charge on any atom is -0.504 e. The number of rotatable bonds is 2. The van der Waals surface area contributed by atoms with Gasteiger partial charge in [0.1, 0.15) is 0 Å². The monoisotopic (exact) mass is 185 g/mol. The first-order valence-electron chi connectivity index (χ1n) is 3.97. The summed E-state index contributed by atoms with van der Waals surface area (Å²) in [5.74, 6) is -1.96. The molecule has 0 saturated heterocycles. The highest BCUT2D eigenvalue weighted by molar-refractivity contribution is 5.45. The predicted molar refractivity (Wildman–Crippen MR) is 47.1 cm³/mol. The molecule has 1 atom stereocenters. The van der Waals surface area contributed by atoms with Gasteiger partial charge in [-0.15, -0.1) is 0 Å². The number of aromatic hydroxyl groups is 2. The van der Waals surface area contributed by atoms with Crippen LogP contribution in [0, 0.1) is 5.82 Å². The molecule has 1 aromatic carbocycles. The van der Waals surface area contributed by atoms with E-state index in [-0.39, 0.29) is 6.04 Å². The topological polar surface area (TPSA) is 66.5 Å². The minimum absolute atomic E-state index is 0.143. The lowest BCUT2D eigenvalue weighted by atomic mass is 10.1. The van der Waals surface area contributed by atoms with E-state index in [0.717, 1.165) is 6.07 Å². The van der Waals surface area contributed by atoms with Crippen molar-refractivity contribution in [2.24, 2.45) is 5.73 Å². The van der Waals surface area contributed by atoms with Crippen LogP contribution in [0.4, 0.5) is 4.39 Å². The lowest BCUT2D eigenvalue weighted by Gasteiger charge is -2.08. The van der Waals surface area contributed by atoms with Crippen molar-refractivity contribution in [3.8, 4) is 11.5 Å². The molecule has 0 heterocycles. The van der Waals surface area contributed by atoms with Crippen LogP contribution in [0.2, 0.25) is 0 Å². The number of halogens is 1. The molecule has 0 saturated carbocycles. The number of hydrogen-bond donors (Lipinski definition) is 3. The van der Waals surface area contributed by atoms with E-state index in [1.807, 2.05) is 0 Å². The smallest absolute Gasteiger partial charge is 0.194 e. The summed E-state index contributed by atoms with van der Waals surface area (Å²) < 4.78 is 12.7. The van der Waals surface area contributed by atoms with Gasteiger partial charge in [-0.25, -0.2) is 4.39 Å². The Labute approximate surface area is 75.6 Å². The second kappa shape index (κ2) is 3.62. The molecule has 1 unspecified atom stereocenters. The van der Waals surface area contributed by atoms with Crippen molar-refractivity contribution in [3.05, 3.63) is 23.5 Å². The van der Waals surface area contributed by atoms with Crippen molar-refractivity contribution >= 4 is 0 Å². The molecule has 0 radical (unpaired) electrons. The van der Waals surface area contributed by atoms with Crippen molar-refractivity contribution < 1.29 is 14.6 Å². The molecule has 0 fully saturated rings. The SMILES string of the molecule is CC(N)Cc1ccc(F)c(O)c1O. The van der Waals surface area contributed by atoms with Crippen LogP contribution in [0.3, 0.4) is 0 Å². The van der Waals surface area contributed by atoms with Crippen LogP contribution >= 0.6 is 0 Å². The van der Waals surface area contributed by atoms with Gasteiger partial charge in [-0.05, 0) is 25.0 Å². The molecule has 4 N–H and O–H groups in total. The Kier molecular flexibility index (Phi) is 2.72. The number of benzene rings is 1. The quantitative estimate of drug-likeness (QED) is 0.605. The molecule has 0 bridgehead atoms. The summed E-state index contributed by atoms with van der Waals surface area (Å²) in [7, 11) is 0. The fraction of sp³-hybridized carbons (Fsp3) is 0.333. The van der Waals surface area contributed by atoms with Gasteiger partial charge in [-0.1, -0.05) is 6.07 Å². The molecule has 0 aliphatic rings. The van der Waals surface area contributed by atoms with Crippen LogP contribution in [0.25, 0.3) is 0 Å². The molecule has 72 valence electrons. The van der Waals surface area contributed by atoms with Crippen molar-refractivity contribution in [2.75, 3.05) is 0 Å². The van der Waals surface area contributed by atoms with E-state index in [2.05, 4.69) is 0 Å². The van der Waals surface area contributed by atoms with Gasteiger partial charge < -0.3 is 15.9 Å². The Hall–Kier alpha value is -1.29. The molecule has 1 rings (SSSR count). The maximum Gasteiger partial charge on any atom is 0.194 e. The molecule has 4 heteroatoms. The first-order chi connectivity index (χ1) is 6.02. The summed E-state index contributed by atoms with van der Waals surface area (Å²) in [6.07, 6.45) is 0.402. The number of nitrogens with two attached hydrogens (primary N) is 1. The second-order valence-electron chi connectivity index (χ2n) is 3.09. The lowest BCUT2D eigenvalue weighted by Crippen LogP contribution is -2.17. The third kappa shape index (κ3) is 2.09. The van der Waals surface area contributed by atoms with E-state index in [9.17, 15) is 9.50 Å². The van der Waals surface area contributed by atoms with Crippen LogP contribution in [0.15, 0.2) is 12.1 Å². The third-order valence-electron chi connectivity index (χ3n) is 1.73. The van der Waals surface area contributed by atoms with Gasteiger partial charge >= 0.3 is 0 Å². The first-order valence-corrected chi connectivity index (χ1v) is 3.97. The Bertz CT molecular complexity index is 313. The van der Waals surface area contributed by atoms with Gasteiger partial charge in [0.2, 0.25) is 0 Å². The van der Waals surface area contributed by atoms with Gasteiger partial charge in [-0.2, -0.15) is 0 Å². The highest BCUT2D eigenvalue weighted by atomic mass is 19.1. The van der Waals surface area contributed by atoms with E-state index in [4.69, 9.17) is 10.8 Å². The number of hydrogen-bond acceptors (Lipinski definition) is 3. The molecule has 0 aromatic heterocycles. The normalized spacial score (nSPS) is 12.8. The predicted octanol–water partition coefficient (Wildman–Crippen LogP) is 1.13. The fourth-order valence-corrected chi connectivity index (χ4v) is 1.11. The van der Waals surface area contributed by atoms with Gasteiger partial charge in [0.25, 0.3) is 0 Å². The maximum absolute atomic E-state index is 12.7. The molecule has 0 aliphatic carbocycles. The molecule has 0 amide bonds. The highest BCUT2D eigenvalue weighted by Crippen LogP contribution is 2.31. The molecule has 0 aliphatic heterocycles. The van der Waals surface area contributed by atoms with E-state index < -0.39 is 17.3 Å². The Morgan fingerprint density at radius 1 is 1.38 bits per heavy atom. The van der Waals surface area contributed by atoms with Crippen LogP contribution in [-0.2, 0) is 6.42 Å². The first kappa shape index (κ1) is 9.80. The zero-order valence-corrected chi connectivity index (χ0v) is 7.29. The van der Waals surface area contributed by atoms with Gasteiger partial charge in [-0.3, -0.25) is 0 Å². The van der Waals surface area contributed by atoms with Gasteiger partial charge in [0.05, 0.1) is 0 Å². The average Bonchev–Trinajstić information content (AvgIpc) is 2.06. The summed E-state index contributed by atoms with van der Waals surface area (Å²) in [6, 6.07) is 2.37. The zero-order valence-electron chi connectivity index (χ0n) is 7.29. The summed E-state index contributed by atoms with van der Waals surface area (Å²) in [5.41, 5.74) is 5.95. The minimum atomic E-state index is -0.828. The van der Waals surface area contributed by atoms with Crippen molar-refractivity contribution in [2.45, 2.75) is 19.4 Å². The number of phenols is 2. The van der Waals surface area contributed by atoms with Crippen LogP contribution in [-0.4, -0.2) is 16.3 Å². The van der Waals surface area contributed by atoms with Crippen LogP contribution < -0.4 is 5.73 Å². The van der Waals surface area contributed by atoms with E-state index >= 15 is 0 Å². The third-order valence-corrected chi connectivity index (χ3v) is 1.73. The Morgan fingerprint density at radius 2 is 2.00 bits per heavy atom. The van der Waals surface area contributed by atoms with Crippen molar-refractivity contribution in [1.29, 1.82) is 0 Å². The van der Waals surface area contributed by atoms with E-state index in [1.54, 1.807) is 6.92 Å². The van der Waals surface area contributed by atoms with E-state index in [1.165, 1.54) is 6.07 Å². The fourth-order valence-electron chi connectivity index (χ4n) is 1.11. The van der Waals surface area contributed by atoms with Crippen LogP contribution in [0.1, 0.15) is 12.5 Å². The molecule has 3 nitrogen and oxygen atoms in total. The molecule has 1 aromatic rings. The standard InChI is InChI=1S/C9H12FNO2/c1-5(11)4-6-2-3-7(10)9(13)8(6)12/h2-3,5,12-13H,4,11H2,1H3. The van der Waals surface area contributed by atoms with Gasteiger partial charge in [0.15, 0.2) is 17.3 Å². The van der Waals surface area contributed by atoms with E-state index in [0.29, 0.717) is 12.0 Å².